The summed E-state index contributed by atoms with van der Waals surface area (Å²) in [6, 6.07) is 0. The van der Waals surface area contributed by atoms with Gasteiger partial charge in [-0.15, -0.1) is 0 Å². The molecule has 0 spiro atoms. The van der Waals surface area contributed by atoms with Crippen molar-refractivity contribution >= 4 is 34.6 Å². The molecule has 2 rings (SSSR count). The fourth-order valence-electron chi connectivity index (χ4n) is 1.26. The standard InChI is InChI=1S/C8H12N8/c1-16(2)8-13-4-3(6(10)15-8)12-7(11)14-5(4)9/h1-2H3,(H2,10,13,15)(H4,9,11,12,14). The number of rotatable bonds is 1. The SMILES string of the molecule is CN(C)c1nc(N)c2nc(N)nc(N)c2n1. The molecule has 84 valence electrons. The minimum absolute atomic E-state index is 0.0536. The maximum Gasteiger partial charge on any atom is 0.227 e. The second kappa shape index (κ2) is 3.33. The Hall–Kier alpha value is -2.38. The van der Waals surface area contributed by atoms with Gasteiger partial charge in [0.1, 0.15) is 11.0 Å². The zero-order chi connectivity index (χ0) is 11.9. The summed E-state index contributed by atoms with van der Waals surface area (Å²) in [5.74, 6) is 0.928. The first kappa shape index (κ1) is 10.1. The first-order valence-electron chi connectivity index (χ1n) is 4.52. The molecule has 0 saturated heterocycles. The van der Waals surface area contributed by atoms with E-state index < -0.39 is 0 Å². The van der Waals surface area contributed by atoms with E-state index in [1.54, 1.807) is 19.0 Å². The van der Waals surface area contributed by atoms with Crippen molar-refractivity contribution in [1.29, 1.82) is 0 Å². The number of aromatic nitrogens is 4. The summed E-state index contributed by atoms with van der Waals surface area (Å²) < 4.78 is 0. The highest BCUT2D eigenvalue weighted by Crippen LogP contribution is 2.22. The van der Waals surface area contributed by atoms with Gasteiger partial charge in [0.25, 0.3) is 0 Å². The van der Waals surface area contributed by atoms with Gasteiger partial charge in [-0.05, 0) is 0 Å². The zero-order valence-electron chi connectivity index (χ0n) is 8.97. The van der Waals surface area contributed by atoms with Crippen molar-refractivity contribution in [3.8, 4) is 0 Å². The first-order chi connectivity index (χ1) is 7.49. The molecule has 8 heteroatoms. The Morgan fingerprint density at radius 2 is 1.38 bits per heavy atom. The Morgan fingerprint density at radius 3 is 2.00 bits per heavy atom. The normalized spacial score (nSPS) is 10.6. The van der Waals surface area contributed by atoms with Crippen LogP contribution < -0.4 is 22.1 Å². The second-order valence-electron chi connectivity index (χ2n) is 3.47. The van der Waals surface area contributed by atoms with Crippen LogP contribution in [-0.4, -0.2) is 34.0 Å². The molecule has 0 atom stereocenters. The number of fused-ring (bicyclic) bond motifs is 1. The average Bonchev–Trinajstić information content (AvgIpc) is 2.19. The van der Waals surface area contributed by atoms with Crippen LogP contribution in [0.4, 0.5) is 23.5 Å². The van der Waals surface area contributed by atoms with Crippen LogP contribution >= 0.6 is 0 Å². The van der Waals surface area contributed by atoms with Crippen LogP contribution in [0.2, 0.25) is 0 Å². The van der Waals surface area contributed by atoms with Gasteiger partial charge in [-0.3, -0.25) is 0 Å². The summed E-state index contributed by atoms with van der Waals surface area (Å²) in [4.78, 5) is 17.8. The van der Waals surface area contributed by atoms with Crippen molar-refractivity contribution in [1.82, 2.24) is 19.9 Å². The van der Waals surface area contributed by atoms with E-state index in [1.807, 2.05) is 0 Å². The van der Waals surface area contributed by atoms with Gasteiger partial charge >= 0.3 is 0 Å². The monoisotopic (exact) mass is 220 g/mol. The molecule has 16 heavy (non-hydrogen) atoms. The first-order valence-corrected chi connectivity index (χ1v) is 4.52. The summed E-state index contributed by atoms with van der Waals surface area (Å²) in [5, 5.41) is 0. The van der Waals surface area contributed by atoms with Crippen LogP contribution in [0.1, 0.15) is 0 Å². The van der Waals surface area contributed by atoms with Gasteiger partial charge in [0.2, 0.25) is 11.9 Å². The number of hydrogen-bond donors (Lipinski definition) is 3. The van der Waals surface area contributed by atoms with E-state index in [4.69, 9.17) is 17.2 Å². The summed E-state index contributed by atoms with van der Waals surface area (Å²) in [5.41, 5.74) is 17.7. The van der Waals surface area contributed by atoms with E-state index in [-0.39, 0.29) is 17.6 Å². The molecule has 0 unspecified atom stereocenters. The van der Waals surface area contributed by atoms with E-state index in [0.29, 0.717) is 17.0 Å². The zero-order valence-corrected chi connectivity index (χ0v) is 8.97. The van der Waals surface area contributed by atoms with Gasteiger partial charge in [0, 0.05) is 14.1 Å². The molecule has 0 amide bonds. The van der Waals surface area contributed by atoms with Crippen molar-refractivity contribution in [2.24, 2.45) is 0 Å². The lowest BCUT2D eigenvalue weighted by atomic mass is 10.4. The molecule has 2 heterocycles. The van der Waals surface area contributed by atoms with Crippen molar-refractivity contribution in [3.63, 3.8) is 0 Å². The third-order valence-corrected chi connectivity index (χ3v) is 2.00. The lowest BCUT2D eigenvalue weighted by molar-refractivity contribution is 1.01. The minimum atomic E-state index is 0.0536. The molecule has 0 aromatic carbocycles. The number of nitrogens with zero attached hydrogens (tertiary/aromatic N) is 5. The topological polar surface area (TPSA) is 133 Å². The van der Waals surface area contributed by atoms with E-state index in [0.717, 1.165) is 0 Å². The second-order valence-corrected chi connectivity index (χ2v) is 3.47. The molecule has 0 fully saturated rings. The minimum Gasteiger partial charge on any atom is -0.382 e. The number of nitrogen functional groups attached to an aromatic ring is 3. The van der Waals surface area contributed by atoms with Crippen LogP contribution in [0.25, 0.3) is 11.0 Å². The molecule has 6 N–H and O–H groups in total. The number of hydrogen-bond acceptors (Lipinski definition) is 8. The Balaban J connectivity index is 2.82. The van der Waals surface area contributed by atoms with Gasteiger partial charge in [0.05, 0.1) is 0 Å². The average molecular weight is 220 g/mol. The molecular formula is C8H12N8. The fourth-order valence-corrected chi connectivity index (χ4v) is 1.26. The Kier molecular flexibility index (Phi) is 2.11. The van der Waals surface area contributed by atoms with Crippen molar-refractivity contribution in [2.75, 3.05) is 36.2 Å². The molecule has 0 aliphatic carbocycles. The van der Waals surface area contributed by atoms with Crippen LogP contribution in [0.3, 0.4) is 0 Å². The molecule has 0 aliphatic rings. The molecular weight excluding hydrogens is 208 g/mol. The van der Waals surface area contributed by atoms with E-state index in [1.165, 1.54) is 0 Å². The van der Waals surface area contributed by atoms with Gasteiger partial charge in [-0.2, -0.15) is 9.97 Å². The van der Waals surface area contributed by atoms with Crippen LogP contribution in [0.15, 0.2) is 0 Å². The maximum absolute atomic E-state index is 5.75. The fraction of sp³-hybridized carbons (Fsp3) is 0.250. The number of nitrogens with two attached hydrogens (primary N) is 3. The van der Waals surface area contributed by atoms with E-state index >= 15 is 0 Å². The lowest BCUT2D eigenvalue weighted by Crippen LogP contribution is -2.15. The molecule has 2 aromatic heterocycles. The quantitative estimate of drug-likeness (QED) is 0.570. The van der Waals surface area contributed by atoms with Crippen molar-refractivity contribution in [3.05, 3.63) is 0 Å². The molecule has 0 bridgehead atoms. The van der Waals surface area contributed by atoms with Crippen molar-refractivity contribution < 1.29 is 0 Å². The number of anilines is 4. The highest BCUT2D eigenvalue weighted by molar-refractivity contribution is 5.92. The third-order valence-electron chi connectivity index (χ3n) is 2.00. The molecule has 0 saturated carbocycles. The Labute approximate surface area is 91.5 Å². The lowest BCUT2D eigenvalue weighted by Gasteiger charge is -2.12. The van der Waals surface area contributed by atoms with Crippen LogP contribution in [0.5, 0.6) is 0 Å². The summed E-state index contributed by atoms with van der Waals surface area (Å²) in [7, 11) is 3.60. The molecule has 2 aromatic rings. The van der Waals surface area contributed by atoms with Gasteiger partial charge < -0.3 is 22.1 Å². The van der Waals surface area contributed by atoms with Crippen LogP contribution in [0, 0.1) is 0 Å². The summed E-state index contributed by atoms with van der Waals surface area (Å²) in [6.07, 6.45) is 0. The molecule has 0 radical (unpaired) electrons. The highest BCUT2D eigenvalue weighted by Gasteiger charge is 2.12. The van der Waals surface area contributed by atoms with Gasteiger partial charge in [-0.1, -0.05) is 0 Å². The predicted octanol–water partition coefficient (Wildman–Crippen LogP) is -0.768. The van der Waals surface area contributed by atoms with Crippen LogP contribution in [-0.2, 0) is 0 Å². The van der Waals surface area contributed by atoms with Gasteiger partial charge in [-0.25, -0.2) is 9.97 Å². The summed E-state index contributed by atoms with van der Waals surface area (Å²) >= 11 is 0. The maximum atomic E-state index is 5.75. The van der Waals surface area contributed by atoms with Crippen molar-refractivity contribution in [2.45, 2.75) is 0 Å². The van der Waals surface area contributed by atoms with Gasteiger partial charge in [0.15, 0.2) is 11.6 Å². The third kappa shape index (κ3) is 1.49. The smallest absolute Gasteiger partial charge is 0.227 e. The highest BCUT2D eigenvalue weighted by atomic mass is 15.2. The largest absolute Gasteiger partial charge is 0.382 e. The Morgan fingerprint density at radius 1 is 0.812 bits per heavy atom. The Bertz CT molecular complexity index is 549. The molecule has 0 aliphatic heterocycles. The summed E-state index contributed by atoms with van der Waals surface area (Å²) in [6.45, 7) is 0. The predicted molar refractivity (Wildman–Crippen MR) is 62.7 cm³/mol. The van der Waals surface area contributed by atoms with E-state index in [2.05, 4.69) is 19.9 Å². The molecule has 8 nitrogen and oxygen atoms in total. The van der Waals surface area contributed by atoms with E-state index in [9.17, 15) is 0 Å².